The van der Waals surface area contributed by atoms with Crippen molar-refractivity contribution >= 4 is 5.91 Å². The first-order chi connectivity index (χ1) is 8.90. The smallest absolute Gasteiger partial charge is 0.384 e. The van der Waals surface area contributed by atoms with E-state index in [-0.39, 0.29) is 25.7 Å². The second-order valence-electron chi connectivity index (χ2n) is 4.56. The van der Waals surface area contributed by atoms with Crippen molar-refractivity contribution in [1.29, 1.82) is 0 Å². The van der Waals surface area contributed by atoms with Gasteiger partial charge in [-0.15, -0.1) is 0 Å². The average Bonchev–Trinajstić information content (AvgIpc) is 2.77. The van der Waals surface area contributed by atoms with E-state index in [2.05, 4.69) is 15.4 Å². The SMILES string of the molecule is COCC1(C(=O)NCCOCC(F)(F)F)CCNC1. The summed E-state index contributed by atoms with van der Waals surface area (Å²) in [4.78, 5) is 12.0. The molecule has 0 aromatic heterocycles. The molecule has 1 saturated heterocycles. The fraction of sp³-hybridized carbons (Fsp3) is 0.909. The first kappa shape index (κ1) is 16.2. The highest BCUT2D eigenvalue weighted by molar-refractivity contribution is 5.83. The Labute approximate surface area is 109 Å². The predicted molar refractivity (Wildman–Crippen MR) is 61.7 cm³/mol. The first-order valence-corrected chi connectivity index (χ1v) is 6.02. The minimum absolute atomic E-state index is 0.0559. The fourth-order valence-electron chi connectivity index (χ4n) is 2.01. The zero-order valence-electron chi connectivity index (χ0n) is 10.8. The molecule has 0 radical (unpaired) electrons. The van der Waals surface area contributed by atoms with E-state index in [4.69, 9.17) is 4.74 Å². The van der Waals surface area contributed by atoms with Crippen LogP contribution in [0.15, 0.2) is 0 Å². The lowest BCUT2D eigenvalue weighted by Crippen LogP contribution is -2.46. The number of halogens is 3. The van der Waals surface area contributed by atoms with Gasteiger partial charge in [0.1, 0.15) is 6.61 Å². The summed E-state index contributed by atoms with van der Waals surface area (Å²) in [6, 6.07) is 0. The minimum Gasteiger partial charge on any atom is -0.384 e. The van der Waals surface area contributed by atoms with Crippen LogP contribution in [0.4, 0.5) is 13.2 Å². The van der Waals surface area contributed by atoms with Crippen LogP contribution in [0.3, 0.4) is 0 Å². The number of carbonyl (C=O) groups is 1. The number of alkyl halides is 3. The summed E-state index contributed by atoms with van der Waals surface area (Å²) in [6.07, 6.45) is -3.69. The van der Waals surface area contributed by atoms with Gasteiger partial charge in [0, 0.05) is 20.2 Å². The highest BCUT2D eigenvalue weighted by atomic mass is 19.4. The van der Waals surface area contributed by atoms with Gasteiger partial charge in [-0.25, -0.2) is 0 Å². The maximum Gasteiger partial charge on any atom is 0.411 e. The largest absolute Gasteiger partial charge is 0.411 e. The van der Waals surface area contributed by atoms with Crippen LogP contribution in [0, 0.1) is 5.41 Å². The van der Waals surface area contributed by atoms with Gasteiger partial charge in [0.15, 0.2) is 0 Å². The van der Waals surface area contributed by atoms with Gasteiger partial charge in [0.05, 0.1) is 18.6 Å². The van der Waals surface area contributed by atoms with Gasteiger partial charge < -0.3 is 20.1 Å². The molecule has 1 heterocycles. The van der Waals surface area contributed by atoms with Gasteiger partial charge in [0.25, 0.3) is 0 Å². The first-order valence-electron chi connectivity index (χ1n) is 6.02. The molecule has 5 nitrogen and oxygen atoms in total. The van der Waals surface area contributed by atoms with Crippen LogP contribution >= 0.6 is 0 Å². The maximum absolute atomic E-state index is 12.0. The minimum atomic E-state index is -4.34. The molecule has 19 heavy (non-hydrogen) atoms. The van der Waals surface area contributed by atoms with Crippen LogP contribution < -0.4 is 10.6 Å². The third-order valence-electron chi connectivity index (χ3n) is 2.94. The van der Waals surface area contributed by atoms with Gasteiger partial charge in [-0.3, -0.25) is 4.79 Å². The third-order valence-corrected chi connectivity index (χ3v) is 2.94. The summed E-state index contributed by atoms with van der Waals surface area (Å²) < 4.78 is 44.9. The molecular weight excluding hydrogens is 265 g/mol. The summed E-state index contributed by atoms with van der Waals surface area (Å²) in [5.74, 6) is -0.213. The Balaban J connectivity index is 2.26. The Hall–Kier alpha value is -0.860. The van der Waals surface area contributed by atoms with Gasteiger partial charge >= 0.3 is 6.18 Å². The number of nitrogens with one attached hydrogen (secondary N) is 2. The van der Waals surface area contributed by atoms with Crippen molar-refractivity contribution in [2.75, 3.05) is 46.6 Å². The average molecular weight is 284 g/mol. The van der Waals surface area contributed by atoms with Gasteiger partial charge in [-0.2, -0.15) is 13.2 Å². The molecular formula is C11H19F3N2O3. The summed E-state index contributed by atoms with van der Waals surface area (Å²) in [5, 5.41) is 5.66. The van der Waals surface area contributed by atoms with Crippen LogP contribution in [0.5, 0.6) is 0 Å². The Bertz CT molecular complexity index is 291. The molecule has 0 bridgehead atoms. The molecule has 0 spiro atoms. The zero-order valence-corrected chi connectivity index (χ0v) is 10.8. The molecule has 1 unspecified atom stereocenters. The molecule has 1 amide bonds. The van der Waals surface area contributed by atoms with Crippen LogP contribution in [0.25, 0.3) is 0 Å². The van der Waals surface area contributed by atoms with E-state index in [1.54, 1.807) is 0 Å². The molecule has 1 aliphatic rings. The Morgan fingerprint density at radius 1 is 1.47 bits per heavy atom. The van der Waals surface area contributed by atoms with Crippen molar-refractivity contribution in [2.45, 2.75) is 12.6 Å². The lowest BCUT2D eigenvalue weighted by atomic mass is 9.87. The molecule has 2 N–H and O–H groups in total. The van der Waals surface area contributed by atoms with Crippen molar-refractivity contribution in [3.8, 4) is 0 Å². The second kappa shape index (κ2) is 7.06. The van der Waals surface area contributed by atoms with Crippen molar-refractivity contribution in [2.24, 2.45) is 5.41 Å². The van der Waals surface area contributed by atoms with E-state index in [1.165, 1.54) is 7.11 Å². The predicted octanol–water partition coefficient (Wildman–Crippen LogP) is 0.308. The zero-order chi connectivity index (χ0) is 14.4. The number of amides is 1. The van der Waals surface area contributed by atoms with Crippen LogP contribution in [-0.2, 0) is 14.3 Å². The Morgan fingerprint density at radius 3 is 2.74 bits per heavy atom. The number of carbonyl (C=O) groups excluding carboxylic acids is 1. The quantitative estimate of drug-likeness (QED) is 0.661. The van der Waals surface area contributed by atoms with E-state index in [0.717, 1.165) is 6.54 Å². The lowest BCUT2D eigenvalue weighted by molar-refractivity contribution is -0.173. The molecule has 1 atom stereocenters. The normalized spacial score (nSPS) is 23.6. The number of methoxy groups -OCH3 is 1. The monoisotopic (exact) mass is 284 g/mol. The van der Waals surface area contributed by atoms with Crippen LogP contribution in [0.2, 0.25) is 0 Å². The number of hydrogen-bond donors (Lipinski definition) is 2. The molecule has 0 aromatic carbocycles. The van der Waals surface area contributed by atoms with E-state index >= 15 is 0 Å². The van der Waals surface area contributed by atoms with Crippen LogP contribution in [0.1, 0.15) is 6.42 Å². The molecule has 1 rings (SSSR count). The van der Waals surface area contributed by atoms with E-state index in [9.17, 15) is 18.0 Å². The molecule has 1 fully saturated rings. The molecule has 0 aromatic rings. The Morgan fingerprint density at radius 2 is 2.21 bits per heavy atom. The number of hydrogen-bond acceptors (Lipinski definition) is 4. The van der Waals surface area contributed by atoms with Gasteiger partial charge in [-0.1, -0.05) is 0 Å². The molecule has 0 aliphatic carbocycles. The van der Waals surface area contributed by atoms with E-state index in [1.807, 2.05) is 0 Å². The summed E-state index contributed by atoms with van der Waals surface area (Å²) in [5.41, 5.74) is -0.626. The Kier molecular flexibility index (Phi) is 6.02. The summed E-state index contributed by atoms with van der Waals surface area (Å²) in [6.45, 7) is 0.114. The van der Waals surface area contributed by atoms with Crippen molar-refractivity contribution in [3.05, 3.63) is 0 Å². The molecule has 112 valence electrons. The van der Waals surface area contributed by atoms with Crippen LogP contribution in [-0.4, -0.2) is 58.6 Å². The number of ether oxygens (including phenoxy) is 2. The highest BCUT2D eigenvalue weighted by Crippen LogP contribution is 2.25. The maximum atomic E-state index is 12.0. The second-order valence-corrected chi connectivity index (χ2v) is 4.56. The van der Waals surface area contributed by atoms with E-state index < -0.39 is 18.2 Å². The van der Waals surface area contributed by atoms with Gasteiger partial charge in [0.2, 0.25) is 5.91 Å². The third kappa shape index (κ3) is 5.33. The van der Waals surface area contributed by atoms with Crippen molar-refractivity contribution < 1.29 is 27.4 Å². The standard InChI is InChI=1S/C11H19F3N2O3/c1-18-7-10(2-3-15-6-10)9(17)16-4-5-19-8-11(12,13)14/h15H,2-8H2,1H3,(H,16,17). The molecule has 0 saturated carbocycles. The summed E-state index contributed by atoms with van der Waals surface area (Å²) in [7, 11) is 1.51. The topological polar surface area (TPSA) is 59.6 Å². The summed E-state index contributed by atoms with van der Waals surface area (Å²) >= 11 is 0. The van der Waals surface area contributed by atoms with Crippen molar-refractivity contribution in [3.63, 3.8) is 0 Å². The highest BCUT2D eigenvalue weighted by Gasteiger charge is 2.41. The molecule has 1 aliphatic heterocycles. The van der Waals surface area contributed by atoms with Crippen molar-refractivity contribution in [1.82, 2.24) is 10.6 Å². The lowest BCUT2D eigenvalue weighted by Gasteiger charge is -2.25. The molecule has 8 heteroatoms. The van der Waals surface area contributed by atoms with Gasteiger partial charge in [-0.05, 0) is 13.0 Å². The fourth-order valence-corrected chi connectivity index (χ4v) is 2.01. The number of rotatable bonds is 7. The van der Waals surface area contributed by atoms with E-state index in [0.29, 0.717) is 13.0 Å².